The summed E-state index contributed by atoms with van der Waals surface area (Å²) in [6.07, 6.45) is 9.21. The molecule has 0 aromatic heterocycles. The number of hydrogen-bond donors (Lipinski definition) is 2. The molecule has 1 aromatic rings. The fraction of sp³-hybridized carbons (Fsp3) is 0.667. The topological polar surface area (TPSA) is 52.6 Å². The summed E-state index contributed by atoms with van der Waals surface area (Å²) in [5.41, 5.74) is 3.61. The maximum atomic E-state index is 14.6. The second-order valence-corrected chi connectivity index (χ2v) is 9.38. The zero-order valence-corrected chi connectivity index (χ0v) is 15.1. The van der Waals surface area contributed by atoms with E-state index in [9.17, 15) is 9.18 Å². The van der Waals surface area contributed by atoms with Crippen molar-refractivity contribution in [3.8, 4) is 0 Å². The highest BCUT2D eigenvalue weighted by Crippen LogP contribution is 2.60. The highest BCUT2D eigenvalue weighted by molar-refractivity contribution is 5.94. The third kappa shape index (κ3) is 2.67. The fourth-order valence-electron chi connectivity index (χ4n) is 7.00. The van der Waals surface area contributed by atoms with Crippen molar-refractivity contribution < 1.29 is 14.4 Å². The molecule has 4 fully saturated rings. The summed E-state index contributed by atoms with van der Waals surface area (Å²) < 4.78 is 14.6. The monoisotopic (exact) mass is 358 g/mol. The number of amides is 1. The molecule has 6 rings (SSSR count). The zero-order chi connectivity index (χ0) is 17.9. The number of hydroxylamine groups is 1. The molecule has 1 heterocycles. The van der Waals surface area contributed by atoms with Crippen LogP contribution in [0.4, 0.5) is 4.39 Å². The molecule has 5 heteroatoms. The largest absolute Gasteiger partial charge is 0.298 e. The first-order chi connectivity index (χ1) is 12.5. The maximum Gasteiger partial charge on any atom is 0.277 e. The number of fused-ring (bicyclic) bond motifs is 1. The Morgan fingerprint density at radius 2 is 1.85 bits per heavy atom. The van der Waals surface area contributed by atoms with Gasteiger partial charge in [0.25, 0.3) is 5.91 Å². The first kappa shape index (κ1) is 16.7. The minimum absolute atomic E-state index is 0.0687. The first-order valence-electron chi connectivity index (χ1n) is 10.0. The SMILES string of the molecule is O=C(NO)c1ccc2c(c1F)CCN(CC13CC4CC(CC(C4)C1)C3)C2. The van der Waals surface area contributed by atoms with E-state index in [1.807, 2.05) is 6.07 Å². The number of carbonyl (C=O) groups is 1. The van der Waals surface area contributed by atoms with Gasteiger partial charge in [-0.25, -0.2) is 9.87 Å². The molecule has 26 heavy (non-hydrogen) atoms. The molecule has 0 atom stereocenters. The van der Waals surface area contributed by atoms with Gasteiger partial charge in [0, 0.05) is 19.6 Å². The van der Waals surface area contributed by atoms with Gasteiger partial charge in [-0.2, -0.15) is 0 Å². The fourth-order valence-corrected chi connectivity index (χ4v) is 7.00. The van der Waals surface area contributed by atoms with Crippen LogP contribution in [0.2, 0.25) is 0 Å². The number of rotatable bonds is 3. The number of halogens is 1. The summed E-state index contributed by atoms with van der Waals surface area (Å²) in [4.78, 5) is 14.1. The Balaban J connectivity index is 1.34. The van der Waals surface area contributed by atoms with Crippen LogP contribution in [-0.4, -0.2) is 29.1 Å². The third-order valence-electron chi connectivity index (χ3n) is 7.48. The lowest BCUT2D eigenvalue weighted by Crippen LogP contribution is -2.51. The highest BCUT2D eigenvalue weighted by atomic mass is 19.1. The Morgan fingerprint density at radius 3 is 2.46 bits per heavy atom. The number of nitrogens with one attached hydrogen (secondary N) is 1. The second-order valence-electron chi connectivity index (χ2n) is 9.38. The number of carbonyl (C=O) groups excluding carboxylic acids is 1. The number of benzene rings is 1. The Hall–Kier alpha value is -1.46. The summed E-state index contributed by atoms with van der Waals surface area (Å²) in [6, 6.07) is 3.35. The van der Waals surface area contributed by atoms with E-state index in [-0.39, 0.29) is 5.56 Å². The average Bonchev–Trinajstić information content (AvgIpc) is 2.60. The van der Waals surface area contributed by atoms with Crippen molar-refractivity contribution in [2.45, 2.75) is 51.5 Å². The molecule has 0 radical (unpaired) electrons. The molecule has 140 valence electrons. The van der Waals surface area contributed by atoms with Gasteiger partial charge in [-0.1, -0.05) is 6.07 Å². The molecule has 0 saturated heterocycles. The van der Waals surface area contributed by atoms with Crippen LogP contribution < -0.4 is 5.48 Å². The van der Waals surface area contributed by atoms with Crippen molar-refractivity contribution in [1.29, 1.82) is 0 Å². The van der Waals surface area contributed by atoms with E-state index in [4.69, 9.17) is 5.21 Å². The van der Waals surface area contributed by atoms with Gasteiger partial charge in [-0.05, 0) is 85.3 Å². The van der Waals surface area contributed by atoms with E-state index < -0.39 is 11.7 Å². The standard InChI is InChI=1S/C21H27FN2O2/c22-19-17-3-4-24(11-16(17)1-2-18(19)20(25)23-26)12-21-8-13-5-14(9-21)7-15(6-13)10-21/h1-2,13-15,26H,3-12H2,(H,23,25). The van der Waals surface area contributed by atoms with Crippen molar-refractivity contribution in [2.75, 3.05) is 13.1 Å². The first-order valence-corrected chi connectivity index (χ1v) is 10.0. The van der Waals surface area contributed by atoms with Crippen LogP contribution in [0.15, 0.2) is 12.1 Å². The smallest absolute Gasteiger partial charge is 0.277 e. The molecule has 5 aliphatic rings. The minimum Gasteiger partial charge on any atom is -0.298 e. The van der Waals surface area contributed by atoms with Crippen LogP contribution in [0.5, 0.6) is 0 Å². The molecule has 0 spiro atoms. The van der Waals surface area contributed by atoms with Crippen LogP contribution in [0.1, 0.15) is 60.0 Å². The third-order valence-corrected chi connectivity index (χ3v) is 7.48. The van der Waals surface area contributed by atoms with Gasteiger partial charge in [0.05, 0.1) is 5.56 Å². The van der Waals surface area contributed by atoms with Crippen molar-refractivity contribution in [3.05, 3.63) is 34.6 Å². The van der Waals surface area contributed by atoms with Gasteiger partial charge < -0.3 is 0 Å². The van der Waals surface area contributed by atoms with Crippen LogP contribution in [0, 0.1) is 29.0 Å². The number of nitrogens with zero attached hydrogens (tertiary/aromatic N) is 1. The van der Waals surface area contributed by atoms with Gasteiger partial charge in [-0.15, -0.1) is 0 Å². The summed E-state index contributed by atoms with van der Waals surface area (Å²) >= 11 is 0. The predicted octanol–water partition coefficient (Wildman–Crippen LogP) is 3.52. The lowest BCUT2D eigenvalue weighted by Gasteiger charge is -2.58. The van der Waals surface area contributed by atoms with Gasteiger partial charge in [-0.3, -0.25) is 14.9 Å². The van der Waals surface area contributed by atoms with Crippen LogP contribution in [-0.2, 0) is 13.0 Å². The quantitative estimate of drug-likeness (QED) is 0.642. The van der Waals surface area contributed by atoms with E-state index in [2.05, 4.69) is 4.90 Å². The normalized spacial score (nSPS) is 35.4. The Kier molecular flexibility index (Phi) is 3.87. The van der Waals surface area contributed by atoms with Crippen molar-refractivity contribution in [2.24, 2.45) is 23.2 Å². The van der Waals surface area contributed by atoms with Crippen molar-refractivity contribution >= 4 is 5.91 Å². The maximum absolute atomic E-state index is 14.6. The lowest BCUT2D eigenvalue weighted by molar-refractivity contribution is -0.0708. The Bertz CT molecular complexity index is 712. The van der Waals surface area contributed by atoms with Crippen LogP contribution >= 0.6 is 0 Å². The minimum atomic E-state index is -0.777. The van der Waals surface area contributed by atoms with Gasteiger partial charge >= 0.3 is 0 Å². The zero-order valence-electron chi connectivity index (χ0n) is 15.1. The molecule has 1 aromatic carbocycles. The van der Waals surface area contributed by atoms with Crippen LogP contribution in [0.3, 0.4) is 0 Å². The van der Waals surface area contributed by atoms with Gasteiger partial charge in [0.2, 0.25) is 0 Å². The lowest BCUT2D eigenvalue weighted by atomic mass is 9.49. The van der Waals surface area contributed by atoms with Gasteiger partial charge in [0.1, 0.15) is 5.82 Å². The molecule has 4 bridgehead atoms. The summed E-state index contributed by atoms with van der Waals surface area (Å²) in [6.45, 7) is 2.78. The van der Waals surface area contributed by atoms with E-state index in [1.54, 1.807) is 0 Å². The molecule has 4 saturated carbocycles. The summed E-state index contributed by atoms with van der Waals surface area (Å²) in [5, 5.41) is 8.77. The van der Waals surface area contributed by atoms with E-state index in [0.29, 0.717) is 17.4 Å². The Labute approximate surface area is 153 Å². The molecule has 4 nitrogen and oxygen atoms in total. The highest BCUT2D eigenvalue weighted by Gasteiger charge is 2.51. The molecule has 4 aliphatic carbocycles. The van der Waals surface area contributed by atoms with E-state index >= 15 is 0 Å². The Morgan fingerprint density at radius 1 is 1.19 bits per heavy atom. The van der Waals surface area contributed by atoms with Crippen molar-refractivity contribution in [1.82, 2.24) is 10.4 Å². The summed E-state index contributed by atoms with van der Waals surface area (Å²) in [7, 11) is 0. The molecule has 1 aliphatic heterocycles. The predicted molar refractivity (Wildman–Crippen MR) is 95.2 cm³/mol. The molecular weight excluding hydrogens is 331 g/mol. The molecular formula is C21H27FN2O2. The number of hydrogen-bond acceptors (Lipinski definition) is 3. The summed E-state index contributed by atoms with van der Waals surface area (Å²) in [5.74, 6) is 1.62. The van der Waals surface area contributed by atoms with Crippen molar-refractivity contribution in [3.63, 3.8) is 0 Å². The van der Waals surface area contributed by atoms with Crippen LogP contribution in [0.25, 0.3) is 0 Å². The van der Waals surface area contributed by atoms with E-state index in [0.717, 1.165) is 43.0 Å². The molecule has 2 N–H and O–H groups in total. The molecule has 0 unspecified atom stereocenters. The van der Waals surface area contributed by atoms with Gasteiger partial charge in [0.15, 0.2) is 0 Å². The van der Waals surface area contributed by atoms with E-state index in [1.165, 1.54) is 50.1 Å². The molecule has 1 amide bonds. The second kappa shape index (κ2) is 6.03. The average molecular weight is 358 g/mol.